The van der Waals surface area contributed by atoms with Gasteiger partial charge in [0.2, 0.25) is 0 Å². The topological polar surface area (TPSA) is 78.0 Å². The average molecular weight is 291 g/mol. The standard InChI is InChI=1S/C14H17N3O2S/c1-9-7-10(16-17(9)2)3-4-11(18)13-5-6-14(20-13)12(19)8-15/h5-7H,3-4,8,15H2,1-2H3. The minimum Gasteiger partial charge on any atom is -0.324 e. The molecule has 0 aliphatic heterocycles. The molecule has 0 saturated carbocycles. The highest BCUT2D eigenvalue weighted by Crippen LogP contribution is 2.19. The number of nitrogens with two attached hydrogens (primary N) is 1. The van der Waals surface area contributed by atoms with Gasteiger partial charge in [0.05, 0.1) is 22.0 Å². The molecule has 106 valence electrons. The summed E-state index contributed by atoms with van der Waals surface area (Å²) in [6.45, 7) is 1.95. The Morgan fingerprint density at radius 3 is 2.50 bits per heavy atom. The number of thiophene rings is 1. The minimum absolute atomic E-state index is 0.0264. The van der Waals surface area contributed by atoms with Gasteiger partial charge in [0, 0.05) is 19.2 Å². The van der Waals surface area contributed by atoms with E-state index in [9.17, 15) is 9.59 Å². The second kappa shape index (κ2) is 6.11. The fourth-order valence-corrected chi connectivity index (χ4v) is 2.78. The summed E-state index contributed by atoms with van der Waals surface area (Å²) >= 11 is 1.21. The van der Waals surface area contributed by atoms with Crippen molar-refractivity contribution < 1.29 is 9.59 Å². The van der Waals surface area contributed by atoms with Crippen LogP contribution in [-0.4, -0.2) is 27.9 Å². The van der Waals surface area contributed by atoms with Crippen molar-refractivity contribution in [1.82, 2.24) is 9.78 Å². The van der Waals surface area contributed by atoms with Crippen molar-refractivity contribution in [3.63, 3.8) is 0 Å². The summed E-state index contributed by atoms with van der Waals surface area (Å²) in [4.78, 5) is 24.6. The highest BCUT2D eigenvalue weighted by Gasteiger charge is 2.13. The number of hydrogen-bond acceptors (Lipinski definition) is 5. The summed E-state index contributed by atoms with van der Waals surface area (Å²) in [5.41, 5.74) is 7.28. The van der Waals surface area contributed by atoms with Crippen molar-refractivity contribution in [2.24, 2.45) is 12.8 Å². The van der Waals surface area contributed by atoms with Crippen LogP contribution in [0.4, 0.5) is 0 Å². The molecule has 6 heteroatoms. The molecule has 20 heavy (non-hydrogen) atoms. The van der Waals surface area contributed by atoms with Gasteiger partial charge in [-0.1, -0.05) is 0 Å². The van der Waals surface area contributed by atoms with Crippen molar-refractivity contribution in [1.29, 1.82) is 0 Å². The Hall–Kier alpha value is -1.79. The SMILES string of the molecule is Cc1cc(CCC(=O)c2ccc(C(=O)CN)s2)nn1C. The van der Waals surface area contributed by atoms with E-state index < -0.39 is 0 Å². The van der Waals surface area contributed by atoms with E-state index in [1.54, 1.807) is 16.8 Å². The fraction of sp³-hybridized carbons (Fsp3) is 0.357. The first-order chi connectivity index (χ1) is 9.51. The third-order valence-corrected chi connectivity index (χ3v) is 4.28. The molecule has 2 aromatic heterocycles. The van der Waals surface area contributed by atoms with Gasteiger partial charge in [-0.2, -0.15) is 5.10 Å². The molecule has 2 N–H and O–H groups in total. The Kier molecular flexibility index (Phi) is 4.46. The first kappa shape index (κ1) is 14.6. The van der Waals surface area contributed by atoms with Gasteiger partial charge in [0.15, 0.2) is 11.6 Å². The van der Waals surface area contributed by atoms with Crippen LogP contribution in [0.3, 0.4) is 0 Å². The number of Topliss-reactive ketones (excluding diaryl/α,β-unsaturated/α-hetero) is 2. The van der Waals surface area contributed by atoms with Crippen LogP contribution in [0.1, 0.15) is 37.2 Å². The number of aryl methyl sites for hydroxylation is 3. The van der Waals surface area contributed by atoms with Gasteiger partial charge in [-0.05, 0) is 31.5 Å². The number of carbonyl (C=O) groups is 2. The van der Waals surface area contributed by atoms with Gasteiger partial charge in [0.25, 0.3) is 0 Å². The molecule has 0 aliphatic rings. The highest BCUT2D eigenvalue weighted by molar-refractivity contribution is 7.16. The zero-order valence-corrected chi connectivity index (χ0v) is 12.4. The van der Waals surface area contributed by atoms with Gasteiger partial charge >= 0.3 is 0 Å². The van der Waals surface area contributed by atoms with Crippen LogP contribution in [0.2, 0.25) is 0 Å². The van der Waals surface area contributed by atoms with Gasteiger partial charge in [-0.3, -0.25) is 14.3 Å². The number of rotatable bonds is 6. The van der Waals surface area contributed by atoms with Crippen LogP contribution >= 0.6 is 11.3 Å². The van der Waals surface area contributed by atoms with Crippen molar-refractivity contribution in [3.05, 3.63) is 39.3 Å². The lowest BCUT2D eigenvalue weighted by Crippen LogP contribution is -2.11. The molecule has 0 aromatic carbocycles. The van der Waals surface area contributed by atoms with E-state index in [0.717, 1.165) is 11.4 Å². The van der Waals surface area contributed by atoms with Crippen molar-refractivity contribution in [2.75, 3.05) is 6.54 Å². The largest absolute Gasteiger partial charge is 0.324 e. The van der Waals surface area contributed by atoms with E-state index in [1.807, 2.05) is 20.0 Å². The normalized spacial score (nSPS) is 10.8. The van der Waals surface area contributed by atoms with Gasteiger partial charge < -0.3 is 5.73 Å². The molecule has 0 radical (unpaired) electrons. The van der Waals surface area contributed by atoms with Gasteiger partial charge in [0.1, 0.15) is 0 Å². The molecule has 0 amide bonds. The minimum atomic E-state index is -0.130. The molecule has 2 heterocycles. The van der Waals surface area contributed by atoms with Crippen LogP contribution in [-0.2, 0) is 13.5 Å². The summed E-state index contributed by atoms with van der Waals surface area (Å²) in [6, 6.07) is 5.34. The van der Waals surface area contributed by atoms with E-state index >= 15 is 0 Å². The van der Waals surface area contributed by atoms with Crippen LogP contribution in [0, 0.1) is 6.92 Å². The van der Waals surface area contributed by atoms with E-state index in [0.29, 0.717) is 22.6 Å². The Labute approximate surface area is 121 Å². The summed E-state index contributed by atoms with van der Waals surface area (Å²) in [6.07, 6.45) is 1.01. The first-order valence-corrected chi connectivity index (χ1v) is 7.18. The highest BCUT2D eigenvalue weighted by atomic mass is 32.1. The molecular formula is C14H17N3O2S. The summed E-state index contributed by atoms with van der Waals surface area (Å²) < 4.78 is 1.79. The summed E-state index contributed by atoms with van der Waals surface area (Å²) in [5.74, 6) is -0.0937. The molecule has 0 saturated heterocycles. The Bertz CT molecular complexity index is 623. The van der Waals surface area contributed by atoms with Gasteiger partial charge in [-0.15, -0.1) is 11.3 Å². The maximum absolute atomic E-state index is 12.1. The quantitative estimate of drug-likeness (QED) is 0.822. The lowest BCUT2D eigenvalue weighted by atomic mass is 10.1. The molecule has 2 aromatic rings. The van der Waals surface area contributed by atoms with Crippen molar-refractivity contribution in [2.45, 2.75) is 19.8 Å². The van der Waals surface area contributed by atoms with Crippen LogP contribution in [0.15, 0.2) is 18.2 Å². The molecule has 2 rings (SSSR count). The summed E-state index contributed by atoms with van der Waals surface area (Å²) in [7, 11) is 1.88. The lowest BCUT2D eigenvalue weighted by Gasteiger charge is -1.96. The zero-order chi connectivity index (χ0) is 14.7. The van der Waals surface area contributed by atoms with Crippen LogP contribution in [0.5, 0.6) is 0 Å². The van der Waals surface area contributed by atoms with E-state index in [-0.39, 0.29) is 18.1 Å². The number of hydrogen-bond donors (Lipinski definition) is 1. The number of ketones is 2. The first-order valence-electron chi connectivity index (χ1n) is 6.37. The predicted octanol–water partition coefficient (Wildman–Crippen LogP) is 1.75. The summed E-state index contributed by atoms with van der Waals surface area (Å²) in [5, 5.41) is 4.32. The maximum Gasteiger partial charge on any atom is 0.186 e. The Morgan fingerprint density at radius 2 is 1.95 bits per heavy atom. The molecule has 0 unspecified atom stereocenters. The number of carbonyl (C=O) groups excluding carboxylic acids is 2. The lowest BCUT2D eigenvalue weighted by molar-refractivity contribution is 0.0984. The Morgan fingerprint density at radius 1 is 1.30 bits per heavy atom. The average Bonchev–Trinajstić information content (AvgIpc) is 3.03. The molecule has 0 fully saturated rings. The van der Waals surface area contributed by atoms with Crippen molar-refractivity contribution >= 4 is 22.9 Å². The molecule has 0 aliphatic carbocycles. The smallest absolute Gasteiger partial charge is 0.186 e. The van der Waals surface area contributed by atoms with Crippen molar-refractivity contribution in [3.8, 4) is 0 Å². The molecule has 0 bridgehead atoms. The fourth-order valence-electron chi connectivity index (χ4n) is 1.86. The number of aromatic nitrogens is 2. The third-order valence-electron chi connectivity index (χ3n) is 3.11. The number of nitrogens with zero attached hydrogens (tertiary/aromatic N) is 2. The van der Waals surface area contributed by atoms with E-state index in [1.165, 1.54) is 11.3 Å². The second-order valence-electron chi connectivity index (χ2n) is 4.62. The maximum atomic E-state index is 12.1. The second-order valence-corrected chi connectivity index (χ2v) is 5.70. The molecule has 0 spiro atoms. The zero-order valence-electron chi connectivity index (χ0n) is 11.5. The van der Waals surface area contributed by atoms with E-state index in [2.05, 4.69) is 5.10 Å². The third kappa shape index (κ3) is 3.20. The van der Waals surface area contributed by atoms with Crippen LogP contribution in [0.25, 0.3) is 0 Å². The molecular weight excluding hydrogens is 274 g/mol. The molecule has 0 atom stereocenters. The predicted molar refractivity (Wildman–Crippen MR) is 78.3 cm³/mol. The molecule has 5 nitrogen and oxygen atoms in total. The Balaban J connectivity index is 1.98. The van der Waals surface area contributed by atoms with E-state index in [4.69, 9.17) is 5.73 Å². The monoisotopic (exact) mass is 291 g/mol. The van der Waals surface area contributed by atoms with Gasteiger partial charge in [-0.25, -0.2) is 0 Å². The van der Waals surface area contributed by atoms with Crippen LogP contribution < -0.4 is 5.73 Å².